The number of amides is 3. The van der Waals surface area contributed by atoms with Crippen molar-refractivity contribution in [2.45, 2.75) is 19.5 Å². The monoisotopic (exact) mass is 317 g/mol. The molecule has 0 radical (unpaired) electrons. The molecule has 1 aromatic carbocycles. The fraction of sp³-hybridized carbons (Fsp3) is 0.273. The first-order valence-corrected chi connectivity index (χ1v) is 5.97. The van der Waals surface area contributed by atoms with E-state index in [1.807, 2.05) is 5.32 Å². The van der Waals surface area contributed by atoms with E-state index in [0.29, 0.717) is 5.56 Å². The summed E-state index contributed by atoms with van der Waals surface area (Å²) in [4.78, 5) is 21.9. The Balaban J connectivity index is 2.57. The molecule has 7 heteroatoms. The highest BCUT2D eigenvalue weighted by Gasteiger charge is 2.14. The lowest BCUT2D eigenvalue weighted by Crippen LogP contribution is -2.46. The number of hydrogen-bond donors (Lipinski definition) is 3. The minimum absolute atomic E-state index is 0.283. The third-order valence-electron chi connectivity index (χ3n) is 2.25. The molecule has 0 aliphatic rings. The van der Waals surface area contributed by atoms with Crippen LogP contribution in [0.1, 0.15) is 12.5 Å². The van der Waals surface area contributed by atoms with Gasteiger partial charge in [-0.2, -0.15) is 0 Å². The maximum atomic E-state index is 13.0. The number of hydrogen-bond acceptors (Lipinski definition) is 3. The minimum Gasteiger partial charge on any atom is -0.351 e. The average Bonchev–Trinajstić information content (AvgIpc) is 2.29. The third-order valence-corrected chi connectivity index (χ3v) is 3.02. The number of imide groups is 1. The van der Waals surface area contributed by atoms with Crippen LogP contribution in [0.4, 0.5) is 9.18 Å². The Morgan fingerprint density at radius 1 is 1.50 bits per heavy atom. The first kappa shape index (κ1) is 14.6. The van der Waals surface area contributed by atoms with Gasteiger partial charge in [0.1, 0.15) is 5.82 Å². The van der Waals surface area contributed by atoms with Gasteiger partial charge < -0.3 is 11.1 Å². The maximum absolute atomic E-state index is 13.0. The number of carbonyl (C=O) groups is 2. The average molecular weight is 318 g/mol. The summed E-state index contributed by atoms with van der Waals surface area (Å²) in [5.41, 5.74) is 5.50. The number of benzene rings is 1. The highest BCUT2D eigenvalue weighted by Crippen LogP contribution is 2.17. The van der Waals surface area contributed by atoms with Gasteiger partial charge in [-0.05, 0) is 30.7 Å². The molecule has 4 N–H and O–H groups in total. The van der Waals surface area contributed by atoms with Crippen molar-refractivity contribution in [2.24, 2.45) is 5.73 Å². The van der Waals surface area contributed by atoms with E-state index >= 15 is 0 Å². The van der Waals surface area contributed by atoms with Crippen LogP contribution in [0.2, 0.25) is 0 Å². The molecule has 0 aliphatic heterocycles. The van der Waals surface area contributed by atoms with Crippen molar-refractivity contribution in [2.75, 3.05) is 0 Å². The molecule has 5 nitrogen and oxygen atoms in total. The highest BCUT2D eigenvalue weighted by atomic mass is 79.9. The summed E-state index contributed by atoms with van der Waals surface area (Å²) in [5, 5.41) is 4.81. The van der Waals surface area contributed by atoms with Crippen molar-refractivity contribution in [1.29, 1.82) is 0 Å². The Kier molecular flexibility index (Phi) is 5.24. The zero-order valence-electron chi connectivity index (χ0n) is 9.67. The molecule has 0 fully saturated rings. The normalized spacial score (nSPS) is 11.9. The van der Waals surface area contributed by atoms with Gasteiger partial charge in [-0.25, -0.2) is 9.18 Å². The molecule has 0 spiro atoms. The predicted octanol–water partition coefficient (Wildman–Crippen LogP) is 1.26. The zero-order valence-corrected chi connectivity index (χ0v) is 11.3. The molecule has 1 unspecified atom stereocenters. The summed E-state index contributed by atoms with van der Waals surface area (Å²) in [6.07, 6.45) is 0. The summed E-state index contributed by atoms with van der Waals surface area (Å²) >= 11 is 3.28. The highest BCUT2D eigenvalue weighted by molar-refractivity contribution is 9.10. The van der Waals surface area contributed by atoms with Gasteiger partial charge in [-0.3, -0.25) is 10.1 Å². The fourth-order valence-electron chi connectivity index (χ4n) is 1.26. The van der Waals surface area contributed by atoms with Gasteiger partial charge in [-0.1, -0.05) is 15.9 Å². The van der Waals surface area contributed by atoms with Crippen LogP contribution in [-0.2, 0) is 11.3 Å². The van der Waals surface area contributed by atoms with E-state index in [1.165, 1.54) is 12.1 Å². The molecule has 0 heterocycles. The lowest BCUT2D eigenvalue weighted by atomic mass is 10.2. The van der Waals surface area contributed by atoms with Crippen LogP contribution in [0.5, 0.6) is 0 Å². The van der Waals surface area contributed by atoms with E-state index in [-0.39, 0.29) is 12.4 Å². The van der Waals surface area contributed by atoms with Crippen LogP contribution in [0.15, 0.2) is 22.7 Å². The van der Waals surface area contributed by atoms with Gasteiger partial charge in [0.2, 0.25) is 5.91 Å². The largest absolute Gasteiger partial charge is 0.351 e. The molecule has 3 amide bonds. The summed E-state index contributed by atoms with van der Waals surface area (Å²) in [6, 6.07) is 2.75. The number of halogens is 2. The SMILES string of the molecule is CC(NCc1cc(F)ccc1Br)C(=O)NC(N)=O. The molecule has 0 aromatic heterocycles. The maximum Gasteiger partial charge on any atom is 0.318 e. The summed E-state index contributed by atoms with van der Waals surface area (Å²) in [5.74, 6) is -0.890. The van der Waals surface area contributed by atoms with E-state index in [2.05, 4.69) is 21.2 Å². The van der Waals surface area contributed by atoms with Crippen molar-refractivity contribution in [1.82, 2.24) is 10.6 Å². The Morgan fingerprint density at radius 3 is 2.78 bits per heavy atom. The lowest BCUT2D eigenvalue weighted by molar-refractivity contribution is -0.121. The third kappa shape index (κ3) is 4.42. The first-order chi connectivity index (χ1) is 8.40. The molecule has 0 aliphatic carbocycles. The van der Waals surface area contributed by atoms with Gasteiger partial charge in [0.25, 0.3) is 0 Å². The number of rotatable bonds is 4. The standard InChI is InChI=1S/C11H13BrFN3O2/c1-6(10(17)16-11(14)18)15-5-7-4-8(13)2-3-9(7)12/h2-4,6,15H,5H2,1H3,(H3,14,16,17,18). The molecular weight excluding hydrogens is 305 g/mol. The number of nitrogens with one attached hydrogen (secondary N) is 2. The predicted molar refractivity (Wildman–Crippen MR) is 68.1 cm³/mol. The minimum atomic E-state index is -0.902. The molecule has 1 aromatic rings. The van der Waals surface area contributed by atoms with Gasteiger partial charge in [0, 0.05) is 11.0 Å². The van der Waals surface area contributed by atoms with Crippen molar-refractivity contribution in [3.63, 3.8) is 0 Å². The van der Waals surface area contributed by atoms with Crippen LogP contribution in [0.25, 0.3) is 0 Å². The van der Waals surface area contributed by atoms with Gasteiger partial charge in [0.05, 0.1) is 6.04 Å². The Bertz CT molecular complexity index is 468. The first-order valence-electron chi connectivity index (χ1n) is 5.17. The number of urea groups is 1. The van der Waals surface area contributed by atoms with E-state index in [1.54, 1.807) is 13.0 Å². The molecule has 0 saturated carbocycles. The quantitative estimate of drug-likeness (QED) is 0.781. The lowest BCUT2D eigenvalue weighted by Gasteiger charge is -2.13. The second-order valence-corrected chi connectivity index (χ2v) is 4.55. The number of nitrogens with two attached hydrogens (primary N) is 1. The van der Waals surface area contributed by atoms with Crippen LogP contribution in [0, 0.1) is 5.82 Å². The Labute approximate surface area is 112 Å². The Morgan fingerprint density at radius 2 is 2.17 bits per heavy atom. The van der Waals surface area contributed by atoms with Crippen LogP contribution < -0.4 is 16.4 Å². The van der Waals surface area contributed by atoms with E-state index in [9.17, 15) is 14.0 Å². The molecule has 0 bridgehead atoms. The van der Waals surface area contributed by atoms with Crippen molar-refractivity contribution < 1.29 is 14.0 Å². The summed E-state index contributed by atoms with van der Waals surface area (Å²) in [6.45, 7) is 1.86. The van der Waals surface area contributed by atoms with Crippen LogP contribution in [-0.4, -0.2) is 18.0 Å². The molecule has 18 heavy (non-hydrogen) atoms. The van der Waals surface area contributed by atoms with Gasteiger partial charge in [-0.15, -0.1) is 0 Å². The molecule has 1 rings (SSSR count). The van der Waals surface area contributed by atoms with Crippen molar-refractivity contribution >= 4 is 27.9 Å². The zero-order chi connectivity index (χ0) is 13.7. The van der Waals surface area contributed by atoms with Crippen molar-refractivity contribution in [3.8, 4) is 0 Å². The summed E-state index contributed by atoms with van der Waals surface area (Å²) in [7, 11) is 0. The number of carbonyl (C=O) groups excluding carboxylic acids is 2. The molecule has 1 atom stereocenters. The number of primary amides is 1. The fourth-order valence-corrected chi connectivity index (χ4v) is 1.65. The van der Waals surface area contributed by atoms with E-state index in [4.69, 9.17) is 5.73 Å². The van der Waals surface area contributed by atoms with E-state index < -0.39 is 18.0 Å². The molecule has 0 saturated heterocycles. The van der Waals surface area contributed by atoms with Gasteiger partial charge >= 0.3 is 6.03 Å². The second kappa shape index (κ2) is 6.46. The molecular formula is C11H13BrFN3O2. The smallest absolute Gasteiger partial charge is 0.318 e. The van der Waals surface area contributed by atoms with E-state index in [0.717, 1.165) is 4.47 Å². The topological polar surface area (TPSA) is 84.2 Å². The van der Waals surface area contributed by atoms with Crippen molar-refractivity contribution in [3.05, 3.63) is 34.1 Å². The Hall–Kier alpha value is -1.47. The van der Waals surface area contributed by atoms with Gasteiger partial charge in [0.15, 0.2) is 0 Å². The van der Waals surface area contributed by atoms with Crippen LogP contribution in [0.3, 0.4) is 0 Å². The summed E-state index contributed by atoms with van der Waals surface area (Å²) < 4.78 is 13.7. The second-order valence-electron chi connectivity index (χ2n) is 3.69. The van der Waals surface area contributed by atoms with Crippen LogP contribution >= 0.6 is 15.9 Å². The molecule has 98 valence electrons.